The number of fused-ring (bicyclic) bond motifs is 2. The number of rotatable bonds is 1. The van der Waals surface area contributed by atoms with Crippen molar-refractivity contribution in [1.29, 1.82) is 0 Å². The highest BCUT2D eigenvalue weighted by atomic mass is 35.5. The first-order chi connectivity index (χ1) is 12.1. The molecule has 134 valence electrons. The maximum Gasteiger partial charge on any atom is 0.737 e. The number of halogens is 4. The van der Waals surface area contributed by atoms with Crippen molar-refractivity contribution in [1.82, 2.24) is 4.48 Å². The fourth-order valence-electron chi connectivity index (χ4n) is 4.22. The SMILES string of the molecule is CC1=CC(C)=[N+]2C1=C(c1ccc(Cl)c(Cl)c1)c1c(C)cc(C)n1[B-]2(F)F. The van der Waals surface area contributed by atoms with E-state index in [1.165, 1.54) is 8.96 Å². The quantitative estimate of drug-likeness (QED) is 0.538. The predicted molar refractivity (Wildman–Crippen MR) is 104 cm³/mol. The van der Waals surface area contributed by atoms with Gasteiger partial charge >= 0.3 is 6.97 Å². The molecule has 4 rings (SSSR count). The fourth-order valence-corrected chi connectivity index (χ4v) is 4.52. The first-order valence-corrected chi connectivity index (χ1v) is 9.12. The molecule has 0 fully saturated rings. The van der Waals surface area contributed by atoms with E-state index in [9.17, 15) is 0 Å². The predicted octanol–water partition coefficient (Wildman–Crippen LogP) is 5.84. The maximum absolute atomic E-state index is 15.5. The lowest BCUT2D eigenvalue weighted by Gasteiger charge is -2.34. The molecule has 1 aromatic carbocycles. The molecule has 0 atom stereocenters. The van der Waals surface area contributed by atoms with Gasteiger partial charge in [-0.1, -0.05) is 29.3 Å². The Balaban J connectivity index is 2.17. The van der Waals surface area contributed by atoms with Crippen molar-refractivity contribution in [2.24, 2.45) is 0 Å². The van der Waals surface area contributed by atoms with Crippen LogP contribution >= 0.6 is 23.2 Å². The molecule has 7 heteroatoms. The van der Waals surface area contributed by atoms with Gasteiger partial charge in [-0.15, -0.1) is 0 Å². The van der Waals surface area contributed by atoms with Crippen LogP contribution < -0.4 is 0 Å². The standard InChI is InChI=1S/C19H17BCl2F2N2/c1-10-7-12(3)25-18(10)17(14-5-6-15(21)16(22)9-14)19-11(2)8-13(4)26(19)20(25,23)24/h5-9H,1-4H3. The molecule has 0 radical (unpaired) electrons. The summed E-state index contributed by atoms with van der Waals surface area (Å²) in [5, 5.41) is 0.840. The van der Waals surface area contributed by atoms with E-state index < -0.39 is 6.97 Å². The second-order valence-corrected chi connectivity index (χ2v) is 7.78. The Morgan fingerprint density at radius 1 is 1.00 bits per heavy atom. The fraction of sp³-hybridized carbons (Fsp3) is 0.211. The molecular weight excluding hydrogens is 376 g/mol. The number of allylic oxidation sites excluding steroid dienone is 2. The highest BCUT2D eigenvalue weighted by molar-refractivity contribution is 6.58. The summed E-state index contributed by atoms with van der Waals surface area (Å²) in [7, 11) is 0. The highest BCUT2D eigenvalue weighted by Gasteiger charge is 2.55. The van der Waals surface area contributed by atoms with E-state index in [4.69, 9.17) is 23.2 Å². The van der Waals surface area contributed by atoms with Crippen molar-refractivity contribution in [3.63, 3.8) is 0 Å². The monoisotopic (exact) mass is 392 g/mol. The maximum atomic E-state index is 15.5. The molecular formula is C19H17BCl2F2N2. The van der Waals surface area contributed by atoms with Gasteiger partial charge in [0.15, 0.2) is 5.70 Å². The van der Waals surface area contributed by atoms with Crippen molar-refractivity contribution >= 4 is 41.5 Å². The van der Waals surface area contributed by atoms with Crippen molar-refractivity contribution < 1.29 is 13.1 Å². The summed E-state index contributed by atoms with van der Waals surface area (Å²) in [6.07, 6.45) is 1.81. The molecule has 2 aromatic rings. The highest BCUT2D eigenvalue weighted by Crippen LogP contribution is 2.44. The van der Waals surface area contributed by atoms with E-state index in [1.54, 1.807) is 38.1 Å². The van der Waals surface area contributed by atoms with Gasteiger partial charge in [0, 0.05) is 24.3 Å². The minimum atomic E-state index is -3.96. The van der Waals surface area contributed by atoms with Gasteiger partial charge < -0.3 is 17.6 Å². The molecule has 2 nitrogen and oxygen atoms in total. The molecule has 0 spiro atoms. The number of aromatic nitrogens is 1. The summed E-state index contributed by atoms with van der Waals surface area (Å²) in [4.78, 5) is 0. The summed E-state index contributed by atoms with van der Waals surface area (Å²) < 4.78 is 33.3. The van der Waals surface area contributed by atoms with Crippen LogP contribution in [0.25, 0.3) is 5.57 Å². The molecule has 0 N–H and O–H groups in total. The number of benzene rings is 1. The zero-order chi connectivity index (χ0) is 19.0. The summed E-state index contributed by atoms with van der Waals surface area (Å²) in [6, 6.07) is 7.08. The van der Waals surface area contributed by atoms with E-state index >= 15 is 8.63 Å². The Labute approximate surface area is 161 Å². The van der Waals surface area contributed by atoms with Crippen molar-refractivity contribution in [3.05, 3.63) is 74.2 Å². The van der Waals surface area contributed by atoms with Crippen LogP contribution in [-0.4, -0.2) is 21.6 Å². The van der Waals surface area contributed by atoms with E-state index in [0.717, 1.165) is 22.3 Å². The van der Waals surface area contributed by atoms with Gasteiger partial charge in [-0.3, -0.25) is 0 Å². The molecule has 0 saturated heterocycles. The third kappa shape index (κ3) is 2.20. The molecule has 0 amide bonds. The van der Waals surface area contributed by atoms with Crippen LogP contribution in [0.4, 0.5) is 8.63 Å². The van der Waals surface area contributed by atoms with Crippen LogP contribution in [-0.2, 0) is 0 Å². The third-order valence-corrected chi connectivity index (χ3v) is 5.88. The van der Waals surface area contributed by atoms with Crippen molar-refractivity contribution in [2.75, 3.05) is 0 Å². The molecule has 2 aliphatic heterocycles. The second-order valence-electron chi connectivity index (χ2n) is 6.97. The molecule has 0 unspecified atom stereocenters. The number of hydrogen-bond acceptors (Lipinski definition) is 0. The van der Waals surface area contributed by atoms with Crippen LogP contribution in [0.5, 0.6) is 0 Å². The summed E-state index contributed by atoms with van der Waals surface area (Å²) in [5.41, 5.74) is 5.32. The molecule has 1 aromatic heterocycles. The van der Waals surface area contributed by atoms with Crippen LogP contribution in [0.1, 0.15) is 36.4 Å². The first-order valence-electron chi connectivity index (χ1n) is 8.37. The molecule has 0 saturated carbocycles. The zero-order valence-corrected chi connectivity index (χ0v) is 16.4. The summed E-state index contributed by atoms with van der Waals surface area (Å²) in [5.74, 6) is 0. The van der Waals surface area contributed by atoms with Crippen LogP contribution in [0.15, 0.2) is 41.6 Å². The number of aryl methyl sites for hydroxylation is 2. The van der Waals surface area contributed by atoms with E-state index in [2.05, 4.69) is 0 Å². The number of nitrogens with zero attached hydrogens (tertiary/aromatic N) is 2. The third-order valence-electron chi connectivity index (χ3n) is 5.14. The van der Waals surface area contributed by atoms with Gasteiger partial charge in [0.25, 0.3) is 0 Å². The second kappa shape index (κ2) is 5.57. The van der Waals surface area contributed by atoms with Crippen LogP contribution in [0.2, 0.25) is 10.0 Å². The van der Waals surface area contributed by atoms with Gasteiger partial charge in [0.05, 0.1) is 15.6 Å². The Morgan fingerprint density at radius 3 is 2.35 bits per heavy atom. The Bertz CT molecular complexity index is 1080. The molecule has 2 aliphatic rings. The van der Waals surface area contributed by atoms with Gasteiger partial charge in [-0.25, -0.2) is 0 Å². The molecule has 3 heterocycles. The van der Waals surface area contributed by atoms with E-state index in [-0.39, 0.29) is 0 Å². The van der Waals surface area contributed by atoms with Gasteiger partial charge in [0.1, 0.15) is 5.71 Å². The average molecular weight is 393 g/mol. The van der Waals surface area contributed by atoms with Crippen molar-refractivity contribution in [3.8, 4) is 0 Å². The topological polar surface area (TPSA) is 7.94 Å². The Hall–Kier alpha value is -1.85. The largest absolute Gasteiger partial charge is 0.737 e. The lowest BCUT2D eigenvalue weighted by Crippen LogP contribution is -2.51. The van der Waals surface area contributed by atoms with Crippen LogP contribution in [0.3, 0.4) is 0 Å². The Kier molecular flexibility index (Phi) is 3.77. The molecule has 0 aliphatic carbocycles. The lowest BCUT2D eigenvalue weighted by molar-refractivity contribution is -0.363. The molecule has 0 bridgehead atoms. The van der Waals surface area contributed by atoms with Crippen LogP contribution in [0, 0.1) is 13.8 Å². The Morgan fingerprint density at radius 2 is 1.69 bits per heavy atom. The van der Waals surface area contributed by atoms with Gasteiger partial charge in [0.2, 0.25) is 0 Å². The van der Waals surface area contributed by atoms with Gasteiger partial charge in [-0.2, -0.15) is 0 Å². The van der Waals surface area contributed by atoms with E-state index in [1.807, 2.05) is 19.9 Å². The summed E-state index contributed by atoms with van der Waals surface area (Å²) >= 11 is 12.3. The first kappa shape index (κ1) is 17.6. The summed E-state index contributed by atoms with van der Waals surface area (Å²) in [6.45, 7) is 3.20. The minimum Gasteiger partial charge on any atom is -0.393 e. The average Bonchev–Trinajstić information content (AvgIpc) is 3.01. The molecule has 26 heavy (non-hydrogen) atoms. The lowest BCUT2D eigenvalue weighted by atomic mass is 9.84. The minimum absolute atomic E-state index is 0.402. The van der Waals surface area contributed by atoms with Gasteiger partial charge in [-0.05, 0) is 55.8 Å². The van der Waals surface area contributed by atoms with E-state index in [0.29, 0.717) is 32.8 Å². The normalized spacial score (nSPS) is 18.2. The smallest absolute Gasteiger partial charge is 0.393 e. The van der Waals surface area contributed by atoms with Crippen molar-refractivity contribution in [2.45, 2.75) is 27.7 Å². The zero-order valence-electron chi connectivity index (χ0n) is 14.9. The number of hydrogen-bond donors (Lipinski definition) is 0.